The summed E-state index contributed by atoms with van der Waals surface area (Å²) in [5.41, 5.74) is 0.407. The molecule has 1 aliphatic carbocycles. The Hall–Kier alpha value is -1.82. The van der Waals surface area contributed by atoms with Crippen molar-refractivity contribution in [1.29, 1.82) is 0 Å². The third-order valence-corrected chi connectivity index (χ3v) is 4.11. The first-order valence-electron chi connectivity index (χ1n) is 6.13. The van der Waals surface area contributed by atoms with E-state index in [1.807, 2.05) is 0 Å². The SMILES string of the molecule is O=C(Nc1nnc(-c2ccccc2F)s1)C1CCC1. The molecule has 98 valence electrons. The number of rotatable bonds is 3. The minimum atomic E-state index is -0.337. The number of anilines is 1. The number of nitrogens with zero attached hydrogens (tertiary/aromatic N) is 2. The first-order chi connectivity index (χ1) is 9.24. The van der Waals surface area contributed by atoms with E-state index in [9.17, 15) is 9.18 Å². The van der Waals surface area contributed by atoms with Crippen LogP contribution in [-0.4, -0.2) is 16.1 Å². The van der Waals surface area contributed by atoms with Crippen LogP contribution in [0.3, 0.4) is 0 Å². The highest BCUT2D eigenvalue weighted by molar-refractivity contribution is 7.18. The van der Waals surface area contributed by atoms with Crippen molar-refractivity contribution in [3.8, 4) is 10.6 Å². The summed E-state index contributed by atoms with van der Waals surface area (Å²) in [5, 5.41) is 11.4. The van der Waals surface area contributed by atoms with Gasteiger partial charge in [-0.25, -0.2) is 4.39 Å². The number of aromatic nitrogens is 2. The summed E-state index contributed by atoms with van der Waals surface area (Å²) < 4.78 is 13.6. The number of halogens is 1. The Balaban J connectivity index is 1.76. The van der Waals surface area contributed by atoms with Crippen molar-refractivity contribution in [2.45, 2.75) is 19.3 Å². The number of benzene rings is 1. The zero-order valence-corrected chi connectivity index (χ0v) is 10.9. The Bertz CT molecular complexity index is 609. The monoisotopic (exact) mass is 277 g/mol. The molecule has 1 aromatic heterocycles. The summed E-state index contributed by atoms with van der Waals surface area (Å²) in [6.45, 7) is 0. The molecule has 6 heteroatoms. The molecule has 0 radical (unpaired) electrons. The highest BCUT2D eigenvalue weighted by atomic mass is 32.1. The van der Waals surface area contributed by atoms with E-state index in [0.717, 1.165) is 19.3 Å². The van der Waals surface area contributed by atoms with Crippen LogP contribution in [-0.2, 0) is 4.79 Å². The van der Waals surface area contributed by atoms with Gasteiger partial charge < -0.3 is 5.32 Å². The summed E-state index contributed by atoms with van der Waals surface area (Å²) in [6, 6.07) is 6.39. The van der Waals surface area contributed by atoms with E-state index in [1.54, 1.807) is 18.2 Å². The van der Waals surface area contributed by atoms with Gasteiger partial charge in [0, 0.05) is 11.5 Å². The third-order valence-electron chi connectivity index (χ3n) is 3.24. The molecular weight excluding hydrogens is 265 g/mol. The molecule has 1 amide bonds. The fraction of sp³-hybridized carbons (Fsp3) is 0.308. The quantitative estimate of drug-likeness (QED) is 0.938. The molecule has 1 fully saturated rings. The van der Waals surface area contributed by atoms with Crippen LogP contribution in [0, 0.1) is 11.7 Å². The summed E-state index contributed by atoms with van der Waals surface area (Å²) >= 11 is 1.19. The zero-order valence-electron chi connectivity index (χ0n) is 10.1. The van der Waals surface area contributed by atoms with Crippen molar-refractivity contribution in [3.05, 3.63) is 30.1 Å². The van der Waals surface area contributed by atoms with Gasteiger partial charge in [-0.05, 0) is 25.0 Å². The minimum Gasteiger partial charge on any atom is -0.300 e. The number of carbonyl (C=O) groups excluding carboxylic acids is 1. The van der Waals surface area contributed by atoms with Gasteiger partial charge in [0.1, 0.15) is 5.82 Å². The fourth-order valence-electron chi connectivity index (χ4n) is 1.90. The van der Waals surface area contributed by atoms with Crippen molar-refractivity contribution < 1.29 is 9.18 Å². The van der Waals surface area contributed by atoms with Gasteiger partial charge >= 0.3 is 0 Å². The largest absolute Gasteiger partial charge is 0.300 e. The lowest BCUT2D eigenvalue weighted by Gasteiger charge is -2.23. The number of nitrogens with one attached hydrogen (secondary N) is 1. The molecular formula is C13H12FN3OS. The molecule has 0 aliphatic heterocycles. The van der Waals surface area contributed by atoms with Crippen LogP contribution in [0.25, 0.3) is 10.6 Å². The molecule has 0 bridgehead atoms. The average molecular weight is 277 g/mol. The predicted molar refractivity (Wildman–Crippen MR) is 71.3 cm³/mol. The van der Waals surface area contributed by atoms with Gasteiger partial charge in [-0.3, -0.25) is 4.79 Å². The topological polar surface area (TPSA) is 54.9 Å². The van der Waals surface area contributed by atoms with Gasteiger partial charge in [-0.2, -0.15) is 0 Å². The van der Waals surface area contributed by atoms with E-state index >= 15 is 0 Å². The van der Waals surface area contributed by atoms with E-state index < -0.39 is 0 Å². The number of hydrogen-bond donors (Lipinski definition) is 1. The van der Waals surface area contributed by atoms with Crippen LogP contribution < -0.4 is 5.32 Å². The molecule has 0 saturated heterocycles. The smallest absolute Gasteiger partial charge is 0.229 e. The zero-order chi connectivity index (χ0) is 13.2. The highest BCUT2D eigenvalue weighted by Gasteiger charge is 2.26. The molecule has 1 aliphatic rings. The maximum absolute atomic E-state index is 13.6. The molecule has 2 aromatic rings. The summed E-state index contributed by atoms with van der Waals surface area (Å²) in [6.07, 6.45) is 2.98. The highest BCUT2D eigenvalue weighted by Crippen LogP contribution is 2.31. The number of amides is 1. The molecule has 1 N–H and O–H groups in total. The van der Waals surface area contributed by atoms with Crippen LogP contribution in [0.4, 0.5) is 9.52 Å². The van der Waals surface area contributed by atoms with E-state index in [-0.39, 0.29) is 17.6 Å². The number of carbonyl (C=O) groups is 1. The third kappa shape index (κ3) is 2.49. The lowest BCUT2D eigenvalue weighted by Crippen LogP contribution is -2.27. The second-order valence-electron chi connectivity index (χ2n) is 4.51. The van der Waals surface area contributed by atoms with Gasteiger partial charge in [0.25, 0.3) is 0 Å². The van der Waals surface area contributed by atoms with Crippen molar-refractivity contribution in [1.82, 2.24) is 10.2 Å². The minimum absolute atomic E-state index is 0.0116. The first-order valence-corrected chi connectivity index (χ1v) is 6.95. The van der Waals surface area contributed by atoms with E-state index in [0.29, 0.717) is 15.7 Å². The predicted octanol–water partition coefficient (Wildman–Crippen LogP) is 3.08. The van der Waals surface area contributed by atoms with Crippen molar-refractivity contribution in [3.63, 3.8) is 0 Å². The Labute approximate surface area is 113 Å². The lowest BCUT2D eigenvalue weighted by molar-refractivity contribution is -0.122. The maximum atomic E-state index is 13.6. The van der Waals surface area contributed by atoms with E-state index in [4.69, 9.17) is 0 Å². The average Bonchev–Trinajstić information content (AvgIpc) is 2.75. The lowest BCUT2D eigenvalue weighted by atomic mass is 9.85. The standard InChI is InChI=1S/C13H12FN3OS/c14-10-7-2-1-6-9(10)12-16-17-13(19-12)15-11(18)8-4-3-5-8/h1-2,6-8H,3-5H2,(H,15,17,18). The molecule has 0 atom stereocenters. The van der Waals surface area contributed by atoms with E-state index in [2.05, 4.69) is 15.5 Å². The van der Waals surface area contributed by atoms with Crippen LogP contribution in [0.2, 0.25) is 0 Å². The molecule has 4 nitrogen and oxygen atoms in total. The molecule has 19 heavy (non-hydrogen) atoms. The molecule has 0 unspecified atom stereocenters. The maximum Gasteiger partial charge on any atom is 0.229 e. The second-order valence-corrected chi connectivity index (χ2v) is 5.49. The summed E-state index contributed by atoms with van der Waals surface area (Å²) in [7, 11) is 0. The normalized spacial score (nSPS) is 15.0. The van der Waals surface area contributed by atoms with Crippen molar-refractivity contribution in [2.75, 3.05) is 5.32 Å². The Morgan fingerprint density at radius 2 is 2.11 bits per heavy atom. The molecule has 1 aromatic carbocycles. The van der Waals surface area contributed by atoms with Crippen LogP contribution in [0.1, 0.15) is 19.3 Å². The molecule has 0 spiro atoms. The van der Waals surface area contributed by atoms with Gasteiger partial charge in [0.15, 0.2) is 5.01 Å². The summed E-state index contributed by atoms with van der Waals surface area (Å²) in [5.74, 6) is -0.251. The van der Waals surface area contributed by atoms with Crippen LogP contribution in [0.15, 0.2) is 24.3 Å². The van der Waals surface area contributed by atoms with Gasteiger partial charge in [-0.1, -0.05) is 29.9 Å². The van der Waals surface area contributed by atoms with Gasteiger partial charge in [-0.15, -0.1) is 10.2 Å². The number of hydrogen-bond acceptors (Lipinski definition) is 4. The van der Waals surface area contributed by atoms with E-state index in [1.165, 1.54) is 17.4 Å². The Kier molecular flexibility index (Phi) is 3.25. The van der Waals surface area contributed by atoms with Crippen LogP contribution in [0.5, 0.6) is 0 Å². The summed E-state index contributed by atoms with van der Waals surface area (Å²) in [4.78, 5) is 11.8. The molecule has 1 heterocycles. The van der Waals surface area contributed by atoms with Gasteiger partial charge in [0.2, 0.25) is 11.0 Å². The fourth-order valence-corrected chi connectivity index (χ4v) is 2.67. The van der Waals surface area contributed by atoms with Crippen molar-refractivity contribution in [2.24, 2.45) is 5.92 Å². The second kappa shape index (κ2) is 5.05. The Morgan fingerprint density at radius 1 is 1.32 bits per heavy atom. The van der Waals surface area contributed by atoms with Crippen molar-refractivity contribution >= 4 is 22.4 Å². The van der Waals surface area contributed by atoms with Gasteiger partial charge in [0.05, 0.1) is 0 Å². The van der Waals surface area contributed by atoms with Crippen LogP contribution >= 0.6 is 11.3 Å². The first kappa shape index (κ1) is 12.2. The molecule has 1 saturated carbocycles. The molecule has 3 rings (SSSR count). The Morgan fingerprint density at radius 3 is 2.79 bits per heavy atom.